The van der Waals surface area contributed by atoms with E-state index in [1.807, 2.05) is 44.2 Å². The van der Waals surface area contributed by atoms with E-state index < -0.39 is 5.97 Å². The first-order valence-electron chi connectivity index (χ1n) is 5.74. The van der Waals surface area contributed by atoms with Gasteiger partial charge in [-0.15, -0.1) is 0 Å². The molecule has 0 aliphatic rings. The SMILES string of the molecule is CCOC(C)(OCC)O/N=C/c1ccccc1. The second-order valence-electron chi connectivity index (χ2n) is 3.46. The van der Waals surface area contributed by atoms with Crippen LogP contribution in [0.4, 0.5) is 0 Å². The first-order valence-corrected chi connectivity index (χ1v) is 5.74. The van der Waals surface area contributed by atoms with Crippen molar-refractivity contribution in [2.24, 2.45) is 5.16 Å². The molecule has 1 rings (SSSR count). The van der Waals surface area contributed by atoms with E-state index in [0.717, 1.165) is 5.56 Å². The monoisotopic (exact) mass is 237 g/mol. The molecule has 0 aliphatic heterocycles. The van der Waals surface area contributed by atoms with Crippen LogP contribution in [0, 0.1) is 0 Å². The van der Waals surface area contributed by atoms with Gasteiger partial charge >= 0.3 is 5.97 Å². The van der Waals surface area contributed by atoms with Crippen LogP contribution >= 0.6 is 0 Å². The third-order valence-electron chi connectivity index (χ3n) is 2.03. The Balaban J connectivity index is 2.54. The van der Waals surface area contributed by atoms with E-state index in [1.165, 1.54) is 0 Å². The van der Waals surface area contributed by atoms with Crippen LogP contribution in [0.25, 0.3) is 0 Å². The summed E-state index contributed by atoms with van der Waals surface area (Å²) in [5, 5.41) is 3.88. The van der Waals surface area contributed by atoms with Crippen molar-refractivity contribution >= 4 is 6.21 Å². The third-order valence-corrected chi connectivity index (χ3v) is 2.03. The van der Waals surface area contributed by atoms with Gasteiger partial charge in [0.1, 0.15) is 0 Å². The Morgan fingerprint density at radius 2 is 1.71 bits per heavy atom. The average Bonchev–Trinajstić information content (AvgIpc) is 2.31. The van der Waals surface area contributed by atoms with Crippen molar-refractivity contribution < 1.29 is 14.3 Å². The summed E-state index contributed by atoms with van der Waals surface area (Å²) in [7, 11) is 0. The highest BCUT2D eigenvalue weighted by Crippen LogP contribution is 2.14. The summed E-state index contributed by atoms with van der Waals surface area (Å²) in [6, 6.07) is 9.69. The van der Waals surface area contributed by atoms with Gasteiger partial charge in [-0.2, -0.15) is 0 Å². The molecule has 0 spiro atoms. The molecule has 1 aromatic carbocycles. The largest absolute Gasteiger partial charge is 0.347 e. The van der Waals surface area contributed by atoms with Crippen molar-refractivity contribution in [2.75, 3.05) is 13.2 Å². The molecule has 0 N–H and O–H groups in total. The summed E-state index contributed by atoms with van der Waals surface area (Å²) >= 11 is 0. The zero-order valence-electron chi connectivity index (χ0n) is 10.6. The summed E-state index contributed by atoms with van der Waals surface area (Å²) in [5.41, 5.74) is 0.961. The smallest absolute Gasteiger partial charge is 0.332 e. The van der Waals surface area contributed by atoms with Gasteiger partial charge in [0.25, 0.3) is 0 Å². The van der Waals surface area contributed by atoms with E-state index in [0.29, 0.717) is 13.2 Å². The first-order chi connectivity index (χ1) is 8.20. The molecule has 0 aromatic heterocycles. The van der Waals surface area contributed by atoms with Gasteiger partial charge in [-0.1, -0.05) is 35.5 Å². The molecule has 0 bridgehead atoms. The normalized spacial score (nSPS) is 11.9. The van der Waals surface area contributed by atoms with Gasteiger partial charge in [-0.25, -0.2) is 0 Å². The average molecular weight is 237 g/mol. The Morgan fingerprint density at radius 3 is 2.24 bits per heavy atom. The van der Waals surface area contributed by atoms with Crippen LogP contribution in [0.5, 0.6) is 0 Å². The molecule has 0 fully saturated rings. The Morgan fingerprint density at radius 1 is 1.12 bits per heavy atom. The Bertz CT molecular complexity index is 332. The van der Waals surface area contributed by atoms with Crippen LogP contribution in [-0.2, 0) is 14.3 Å². The standard InChI is InChI=1S/C13H19NO3/c1-4-15-13(3,16-5-2)17-14-11-12-9-7-6-8-10-12/h6-11H,4-5H2,1-3H3/b14-11+. The molecule has 0 heterocycles. The number of rotatable bonds is 7. The van der Waals surface area contributed by atoms with Gasteiger partial charge in [0.2, 0.25) is 0 Å². The third kappa shape index (κ3) is 4.97. The van der Waals surface area contributed by atoms with E-state index in [9.17, 15) is 0 Å². The molecule has 1 aromatic rings. The molecule has 17 heavy (non-hydrogen) atoms. The Hall–Kier alpha value is -1.39. The predicted molar refractivity (Wildman–Crippen MR) is 66.8 cm³/mol. The van der Waals surface area contributed by atoms with Gasteiger partial charge in [0, 0.05) is 6.92 Å². The maximum absolute atomic E-state index is 5.35. The number of hydrogen-bond donors (Lipinski definition) is 0. The van der Waals surface area contributed by atoms with E-state index >= 15 is 0 Å². The van der Waals surface area contributed by atoms with Gasteiger partial charge in [0.15, 0.2) is 0 Å². The topological polar surface area (TPSA) is 40.0 Å². The molecule has 0 saturated carbocycles. The van der Waals surface area contributed by atoms with Crippen molar-refractivity contribution in [1.82, 2.24) is 0 Å². The lowest BCUT2D eigenvalue weighted by Crippen LogP contribution is -2.34. The molecule has 0 aliphatic carbocycles. The summed E-state index contributed by atoms with van der Waals surface area (Å²) < 4.78 is 10.7. The molecule has 0 amide bonds. The van der Waals surface area contributed by atoms with E-state index in [1.54, 1.807) is 13.1 Å². The van der Waals surface area contributed by atoms with Crippen molar-refractivity contribution in [3.8, 4) is 0 Å². The van der Waals surface area contributed by atoms with Crippen LogP contribution in [0.1, 0.15) is 26.3 Å². The molecule has 4 heteroatoms. The quantitative estimate of drug-likeness (QED) is 0.416. The maximum atomic E-state index is 5.35. The van der Waals surface area contributed by atoms with Crippen LogP contribution in [0.15, 0.2) is 35.5 Å². The summed E-state index contributed by atoms with van der Waals surface area (Å²) in [6.45, 7) is 6.44. The van der Waals surface area contributed by atoms with Crippen molar-refractivity contribution in [3.63, 3.8) is 0 Å². The molecule has 94 valence electrons. The minimum absolute atomic E-state index is 0.497. The summed E-state index contributed by atoms with van der Waals surface area (Å²) in [5.74, 6) is -1.12. The van der Waals surface area contributed by atoms with Gasteiger partial charge < -0.3 is 14.3 Å². The number of ether oxygens (including phenoxy) is 2. The molecule has 0 saturated heterocycles. The molecule has 0 atom stereocenters. The predicted octanol–water partition coefficient (Wildman–Crippen LogP) is 2.78. The summed E-state index contributed by atoms with van der Waals surface area (Å²) in [6.07, 6.45) is 1.62. The molecule has 0 radical (unpaired) electrons. The Labute approximate surface area is 102 Å². The fourth-order valence-corrected chi connectivity index (χ4v) is 1.34. The lowest BCUT2D eigenvalue weighted by molar-refractivity contribution is -0.368. The molecular formula is C13H19NO3. The fourth-order valence-electron chi connectivity index (χ4n) is 1.34. The van der Waals surface area contributed by atoms with Crippen LogP contribution < -0.4 is 0 Å². The van der Waals surface area contributed by atoms with Crippen LogP contribution in [0.2, 0.25) is 0 Å². The zero-order valence-corrected chi connectivity index (χ0v) is 10.6. The van der Waals surface area contributed by atoms with Gasteiger partial charge in [0.05, 0.1) is 19.4 Å². The van der Waals surface area contributed by atoms with E-state index in [4.69, 9.17) is 14.3 Å². The second kappa shape index (κ2) is 7.04. The highest BCUT2D eigenvalue weighted by Gasteiger charge is 2.27. The molecule has 4 nitrogen and oxygen atoms in total. The molecule has 0 unspecified atom stereocenters. The summed E-state index contributed by atoms with van der Waals surface area (Å²) in [4.78, 5) is 5.24. The lowest BCUT2D eigenvalue weighted by Gasteiger charge is -2.25. The highest BCUT2D eigenvalue weighted by atomic mass is 16.9. The van der Waals surface area contributed by atoms with Crippen molar-refractivity contribution in [3.05, 3.63) is 35.9 Å². The van der Waals surface area contributed by atoms with Crippen molar-refractivity contribution in [1.29, 1.82) is 0 Å². The van der Waals surface area contributed by atoms with Gasteiger partial charge in [-0.3, -0.25) is 0 Å². The second-order valence-corrected chi connectivity index (χ2v) is 3.46. The van der Waals surface area contributed by atoms with Crippen molar-refractivity contribution in [2.45, 2.75) is 26.7 Å². The Kier molecular flexibility index (Phi) is 5.66. The van der Waals surface area contributed by atoms with E-state index in [-0.39, 0.29) is 0 Å². The number of benzene rings is 1. The number of oxime groups is 1. The number of hydrogen-bond acceptors (Lipinski definition) is 4. The van der Waals surface area contributed by atoms with E-state index in [2.05, 4.69) is 5.16 Å². The fraction of sp³-hybridized carbons (Fsp3) is 0.462. The minimum atomic E-state index is -1.12. The van der Waals surface area contributed by atoms with Crippen LogP contribution in [0.3, 0.4) is 0 Å². The zero-order chi connectivity index (χ0) is 12.6. The number of nitrogens with zero attached hydrogens (tertiary/aromatic N) is 1. The molecular weight excluding hydrogens is 218 g/mol. The highest BCUT2D eigenvalue weighted by molar-refractivity contribution is 5.78. The lowest BCUT2D eigenvalue weighted by atomic mass is 10.2. The minimum Gasteiger partial charge on any atom is -0.332 e. The van der Waals surface area contributed by atoms with Gasteiger partial charge in [-0.05, 0) is 19.4 Å². The maximum Gasteiger partial charge on any atom is 0.347 e. The first kappa shape index (κ1) is 13.7. The van der Waals surface area contributed by atoms with Crippen LogP contribution in [-0.4, -0.2) is 25.4 Å².